The molecule has 0 unspecified atom stereocenters. The van der Waals surface area contributed by atoms with Crippen LogP contribution in [0.4, 0.5) is 0 Å². The Morgan fingerprint density at radius 1 is 1.00 bits per heavy atom. The quantitative estimate of drug-likeness (QED) is 0.714. The van der Waals surface area contributed by atoms with Crippen LogP contribution in [0.25, 0.3) is 11.1 Å². The minimum Gasteiger partial charge on any atom is -0.408 e. The predicted molar refractivity (Wildman–Crippen MR) is 98.2 cm³/mol. The second-order valence-electron chi connectivity index (χ2n) is 6.66. The van der Waals surface area contributed by atoms with Gasteiger partial charge >= 0.3 is 5.76 Å². The number of carbonyl (C=O) groups excluding carboxylic acids is 2. The van der Waals surface area contributed by atoms with E-state index in [1.807, 2.05) is 12.1 Å². The van der Waals surface area contributed by atoms with E-state index in [1.165, 1.54) is 0 Å². The molecule has 0 bridgehead atoms. The van der Waals surface area contributed by atoms with Gasteiger partial charge in [0.25, 0.3) is 0 Å². The number of aromatic amines is 2. The summed E-state index contributed by atoms with van der Waals surface area (Å²) in [6.45, 7) is 2.14. The van der Waals surface area contributed by atoms with Gasteiger partial charge in [0.05, 0.1) is 18.4 Å². The van der Waals surface area contributed by atoms with Crippen molar-refractivity contribution in [3.05, 3.63) is 58.3 Å². The van der Waals surface area contributed by atoms with Gasteiger partial charge in [-0.15, -0.1) is 0 Å². The first-order valence-electron chi connectivity index (χ1n) is 8.88. The van der Waals surface area contributed by atoms with E-state index in [0.29, 0.717) is 43.7 Å². The lowest BCUT2D eigenvalue weighted by Crippen LogP contribution is -2.51. The fraction of sp³-hybridized carbons (Fsp3) is 0.316. The molecule has 0 saturated carbocycles. The Balaban J connectivity index is 1.32. The normalized spacial score (nSPS) is 14.7. The van der Waals surface area contributed by atoms with Crippen molar-refractivity contribution in [2.75, 3.05) is 26.2 Å². The highest BCUT2D eigenvalue weighted by Gasteiger charge is 2.24. The minimum atomic E-state index is -0.506. The summed E-state index contributed by atoms with van der Waals surface area (Å²) < 4.78 is 4.97. The number of fused-ring (bicyclic) bond motifs is 1. The number of nitrogens with zero attached hydrogens (tertiary/aromatic N) is 2. The summed E-state index contributed by atoms with van der Waals surface area (Å²) in [5.41, 5.74) is 2.77. The van der Waals surface area contributed by atoms with Crippen molar-refractivity contribution in [3.8, 4) is 0 Å². The molecule has 4 rings (SSSR count). The average Bonchev–Trinajstić information content (AvgIpc) is 3.30. The summed E-state index contributed by atoms with van der Waals surface area (Å²) in [7, 11) is 0. The van der Waals surface area contributed by atoms with Gasteiger partial charge in [-0.2, -0.15) is 0 Å². The standard InChI is InChI=1S/C19H20N4O4/c24-17(11-13-3-4-16-15(10-13)21-19(26)27-16)22-6-8-23(9-7-22)18(25)12-14-2-1-5-20-14/h1-5,10,20H,6-9,11-12H2,(H,21,26). The van der Waals surface area contributed by atoms with Crippen molar-refractivity contribution in [3.63, 3.8) is 0 Å². The number of H-pyrrole nitrogens is 2. The Labute approximate surface area is 154 Å². The molecule has 0 aliphatic carbocycles. The van der Waals surface area contributed by atoms with Crippen LogP contribution >= 0.6 is 0 Å². The Bertz CT molecular complexity index is 1010. The van der Waals surface area contributed by atoms with E-state index >= 15 is 0 Å². The third-order valence-corrected chi connectivity index (χ3v) is 4.83. The number of rotatable bonds is 4. The summed E-state index contributed by atoms with van der Waals surface area (Å²) in [4.78, 5) is 45.3. The molecule has 0 spiro atoms. The SMILES string of the molecule is O=C(Cc1ccc2oc(=O)[nH]c2c1)N1CCN(C(=O)Cc2ccc[nH]2)CC1. The summed E-state index contributed by atoms with van der Waals surface area (Å²) >= 11 is 0. The van der Waals surface area contributed by atoms with E-state index in [0.717, 1.165) is 11.3 Å². The van der Waals surface area contributed by atoms with Crippen LogP contribution in [0.2, 0.25) is 0 Å². The van der Waals surface area contributed by atoms with Crippen molar-refractivity contribution < 1.29 is 14.0 Å². The lowest BCUT2D eigenvalue weighted by Gasteiger charge is -2.35. The molecule has 3 heterocycles. The van der Waals surface area contributed by atoms with Gasteiger partial charge in [-0.1, -0.05) is 6.07 Å². The molecule has 1 saturated heterocycles. The first-order chi connectivity index (χ1) is 13.1. The van der Waals surface area contributed by atoms with Crippen LogP contribution in [0, 0.1) is 0 Å². The summed E-state index contributed by atoms with van der Waals surface area (Å²) in [5.74, 6) is -0.427. The van der Waals surface area contributed by atoms with Gasteiger partial charge in [-0.3, -0.25) is 14.6 Å². The lowest BCUT2D eigenvalue weighted by atomic mass is 10.1. The number of oxazole rings is 1. The van der Waals surface area contributed by atoms with Crippen molar-refractivity contribution in [2.24, 2.45) is 0 Å². The molecule has 1 aromatic carbocycles. The number of benzene rings is 1. The maximum atomic E-state index is 12.6. The molecule has 8 heteroatoms. The van der Waals surface area contributed by atoms with Crippen molar-refractivity contribution >= 4 is 22.9 Å². The van der Waals surface area contributed by atoms with E-state index in [4.69, 9.17) is 4.42 Å². The van der Waals surface area contributed by atoms with E-state index in [9.17, 15) is 14.4 Å². The molecule has 1 aliphatic heterocycles. The Morgan fingerprint density at radius 3 is 2.37 bits per heavy atom. The first kappa shape index (κ1) is 17.1. The second-order valence-corrected chi connectivity index (χ2v) is 6.66. The summed E-state index contributed by atoms with van der Waals surface area (Å²) in [6, 6.07) is 8.99. The third-order valence-electron chi connectivity index (χ3n) is 4.83. The van der Waals surface area contributed by atoms with E-state index in [2.05, 4.69) is 9.97 Å². The molecule has 1 aliphatic rings. The highest BCUT2D eigenvalue weighted by molar-refractivity contribution is 5.82. The molecular weight excluding hydrogens is 348 g/mol. The van der Waals surface area contributed by atoms with E-state index in [-0.39, 0.29) is 18.2 Å². The van der Waals surface area contributed by atoms with Crippen LogP contribution in [0.1, 0.15) is 11.3 Å². The first-order valence-corrected chi connectivity index (χ1v) is 8.88. The number of amides is 2. The smallest absolute Gasteiger partial charge is 0.408 e. The Hall–Kier alpha value is -3.29. The van der Waals surface area contributed by atoms with Crippen molar-refractivity contribution in [2.45, 2.75) is 12.8 Å². The largest absolute Gasteiger partial charge is 0.417 e. The molecule has 0 atom stereocenters. The fourth-order valence-corrected chi connectivity index (χ4v) is 3.35. The highest BCUT2D eigenvalue weighted by Crippen LogP contribution is 2.14. The third kappa shape index (κ3) is 3.79. The molecule has 3 aromatic rings. The highest BCUT2D eigenvalue weighted by atomic mass is 16.4. The van der Waals surface area contributed by atoms with E-state index in [1.54, 1.807) is 34.2 Å². The molecule has 1 fully saturated rings. The van der Waals surface area contributed by atoms with Gasteiger partial charge in [-0.05, 0) is 29.8 Å². The van der Waals surface area contributed by atoms with Crippen LogP contribution in [0.3, 0.4) is 0 Å². The Morgan fingerprint density at radius 2 is 1.70 bits per heavy atom. The molecule has 140 valence electrons. The zero-order valence-electron chi connectivity index (χ0n) is 14.7. The van der Waals surface area contributed by atoms with Crippen molar-refractivity contribution in [1.29, 1.82) is 0 Å². The maximum Gasteiger partial charge on any atom is 0.417 e. The molecule has 2 aromatic heterocycles. The van der Waals surface area contributed by atoms with E-state index < -0.39 is 5.76 Å². The van der Waals surface area contributed by atoms with Crippen LogP contribution in [0.5, 0.6) is 0 Å². The van der Waals surface area contributed by atoms with Gasteiger partial charge in [0.1, 0.15) is 0 Å². The second kappa shape index (κ2) is 7.14. The number of carbonyl (C=O) groups is 2. The molecule has 2 amide bonds. The number of piperazine rings is 1. The number of nitrogens with one attached hydrogen (secondary N) is 2. The van der Waals surface area contributed by atoms with Crippen LogP contribution in [-0.4, -0.2) is 57.8 Å². The van der Waals surface area contributed by atoms with Crippen LogP contribution in [-0.2, 0) is 22.4 Å². The molecule has 8 nitrogen and oxygen atoms in total. The van der Waals surface area contributed by atoms with Gasteiger partial charge < -0.3 is 19.2 Å². The Kier molecular flexibility index (Phi) is 4.53. The minimum absolute atomic E-state index is 0.0108. The zero-order chi connectivity index (χ0) is 18.8. The number of hydrogen-bond donors (Lipinski definition) is 2. The van der Waals surface area contributed by atoms with Gasteiger partial charge in [-0.25, -0.2) is 4.79 Å². The number of aromatic nitrogens is 2. The lowest BCUT2D eigenvalue weighted by molar-refractivity contribution is -0.138. The van der Waals surface area contributed by atoms with Crippen LogP contribution in [0.15, 0.2) is 45.7 Å². The summed E-state index contributed by atoms with van der Waals surface area (Å²) in [6.07, 6.45) is 2.40. The molecule has 27 heavy (non-hydrogen) atoms. The van der Waals surface area contributed by atoms with Gasteiger partial charge in [0.2, 0.25) is 11.8 Å². The molecular formula is C19H20N4O4. The average molecular weight is 368 g/mol. The zero-order valence-corrected chi connectivity index (χ0v) is 14.7. The fourth-order valence-electron chi connectivity index (χ4n) is 3.35. The summed E-state index contributed by atoms with van der Waals surface area (Å²) in [5, 5.41) is 0. The molecule has 2 N–H and O–H groups in total. The van der Waals surface area contributed by atoms with Crippen LogP contribution < -0.4 is 5.76 Å². The molecule has 0 radical (unpaired) electrons. The topological polar surface area (TPSA) is 102 Å². The van der Waals surface area contributed by atoms with Crippen molar-refractivity contribution in [1.82, 2.24) is 19.8 Å². The number of hydrogen-bond acceptors (Lipinski definition) is 4. The predicted octanol–water partition coefficient (Wildman–Crippen LogP) is 0.905. The monoisotopic (exact) mass is 368 g/mol. The van der Waals surface area contributed by atoms with Gasteiger partial charge in [0, 0.05) is 38.1 Å². The van der Waals surface area contributed by atoms with Gasteiger partial charge in [0.15, 0.2) is 5.58 Å². The maximum absolute atomic E-state index is 12.6.